The zero-order chi connectivity index (χ0) is 22.3. The van der Waals surface area contributed by atoms with Crippen molar-refractivity contribution in [1.82, 2.24) is 0 Å². The SMILES string of the molecule is COc1ccc(NS(=O)(=O)c2cc(NC(=O)CCc3ccccc3)ccc2OC)cc1. The molecule has 0 bridgehead atoms. The molecule has 0 aliphatic carbocycles. The predicted molar refractivity (Wildman–Crippen MR) is 120 cm³/mol. The first-order valence-corrected chi connectivity index (χ1v) is 11.1. The lowest BCUT2D eigenvalue weighted by molar-refractivity contribution is -0.116. The van der Waals surface area contributed by atoms with Gasteiger partial charge in [-0.25, -0.2) is 8.42 Å². The van der Waals surface area contributed by atoms with Gasteiger partial charge >= 0.3 is 0 Å². The fraction of sp³-hybridized carbons (Fsp3) is 0.174. The van der Waals surface area contributed by atoms with Crippen molar-refractivity contribution in [2.24, 2.45) is 0 Å². The molecular weight excluding hydrogens is 416 g/mol. The summed E-state index contributed by atoms with van der Waals surface area (Å²) in [7, 11) is -1.04. The quantitative estimate of drug-likeness (QED) is 0.523. The van der Waals surface area contributed by atoms with E-state index < -0.39 is 10.0 Å². The van der Waals surface area contributed by atoms with Gasteiger partial charge in [-0.2, -0.15) is 0 Å². The fourth-order valence-electron chi connectivity index (χ4n) is 2.96. The van der Waals surface area contributed by atoms with E-state index in [2.05, 4.69) is 10.0 Å². The Morgan fingerprint density at radius 1 is 0.871 bits per heavy atom. The maximum absolute atomic E-state index is 12.9. The van der Waals surface area contributed by atoms with E-state index in [1.807, 2.05) is 30.3 Å². The number of hydrogen-bond acceptors (Lipinski definition) is 5. The first-order valence-electron chi connectivity index (χ1n) is 9.60. The standard InChI is InChI=1S/C23H24N2O5S/c1-29-20-12-9-18(10-13-20)25-31(27,28)22-16-19(11-14-21(22)30-2)24-23(26)15-8-17-6-4-3-5-7-17/h3-7,9-14,16,25H,8,15H2,1-2H3,(H,24,26). The largest absolute Gasteiger partial charge is 0.497 e. The number of sulfonamides is 1. The molecule has 0 saturated carbocycles. The van der Waals surface area contributed by atoms with Crippen LogP contribution >= 0.6 is 0 Å². The smallest absolute Gasteiger partial charge is 0.265 e. The molecule has 1 amide bonds. The minimum absolute atomic E-state index is 0.0772. The molecule has 0 saturated heterocycles. The first kappa shape index (κ1) is 22.2. The highest BCUT2D eigenvalue weighted by Crippen LogP contribution is 2.29. The first-order chi connectivity index (χ1) is 14.9. The van der Waals surface area contributed by atoms with Crippen LogP contribution in [0.2, 0.25) is 0 Å². The fourth-order valence-corrected chi connectivity index (χ4v) is 4.21. The van der Waals surface area contributed by atoms with E-state index in [1.54, 1.807) is 30.3 Å². The summed E-state index contributed by atoms with van der Waals surface area (Å²) in [5.41, 5.74) is 1.80. The van der Waals surface area contributed by atoms with E-state index in [-0.39, 0.29) is 23.0 Å². The van der Waals surface area contributed by atoms with Crippen molar-refractivity contribution in [3.8, 4) is 11.5 Å². The zero-order valence-electron chi connectivity index (χ0n) is 17.3. The molecule has 162 valence electrons. The molecule has 3 aromatic rings. The summed E-state index contributed by atoms with van der Waals surface area (Å²) in [5.74, 6) is 0.574. The van der Waals surface area contributed by atoms with Gasteiger partial charge in [0.05, 0.1) is 14.2 Å². The highest BCUT2D eigenvalue weighted by molar-refractivity contribution is 7.92. The van der Waals surface area contributed by atoms with Gasteiger partial charge in [0.15, 0.2) is 0 Å². The van der Waals surface area contributed by atoms with E-state index in [4.69, 9.17) is 9.47 Å². The molecular formula is C23H24N2O5S. The Balaban J connectivity index is 1.75. The van der Waals surface area contributed by atoms with Crippen molar-refractivity contribution in [3.63, 3.8) is 0 Å². The second kappa shape index (κ2) is 9.99. The zero-order valence-corrected chi connectivity index (χ0v) is 18.1. The van der Waals surface area contributed by atoms with Gasteiger partial charge in [0.1, 0.15) is 16.4 Å². The van der Waals surface area contributed by atoms with Gasteiger partial charge in [-0.3, -0.25) is 9.52 Å². The summed E-state index contributed by atoms with van der Waals surface area (Å²) >= 11 is 0. The Labute approximate surface area is 182 Å². The molecule has 0 spiro atoms. The van der Waals surface area contributed by atoms with Crippen LogP contribution in [0.15, 0.2) is 77.7 Å². The van der Waals surface area contributed by atoms with Crippen LogP contribution in [0.25, 0.3) is 0 Å². The molecule has 0 aliphatic heterocycles. The van der Waals surface area contributed by atoms with Crippen LogP contribution in [0.3, 0.4) is 0 Å². The van der Waals surface area contributed by atoms with Crippen molar-refractivity contribution < 1.29 is 22.7 Å². The molecule has 0 aromatic heterocycles. The number of benzene rings is 3. The van der Waals surface area contributed by atoms with Gasteiger partial charge in [0, 0.05) is 17.8 Å². The number of methoxy groups -OCH3 is 2. The summed E-state index contributed by atoms with van der Waals surface area (Å²) in [6.07, 6.45) is 0.870. The van der Waals surface area contributed by atoms with Crippen LogP contribution in [0.5, 0.6) is 11.5 Å². The van der Waals surface area contributed by atoms with Gasteiger partial charge in [0.25, 0.3) is 10.0 Å². The Kier molecular flexibility index (Phi) is 7.15. The molecule has 0 fully saturated rings. The lowest BCUT2D eigenvalue weighted by atomic mass is 10.1. The van der Waals surface area contributed by atoms with Crippen LogP contribution in [0.4, 0.5) is 11.4 Å². The highest BCUT2D eigenvalue weighted by Gasteiger charge is 2.21. The van der Waals surface area contributed by atoms with E-state index in [0.29, 0.717) is 23.5 Å². The monoisotopic (exact) mass is 440 g/mol. The number of amides is 1. The van der Waals surface area contributed by atoms with Crippen LogP contribution in [-0.4, -0.2) is 28.5 Å². The highest BCUT2D eigenvalue weighted by atomic mass is 32.2. The number of anilines is 2. The number of rotatable bonds is 9. The summed E-state index contributed by atoms with van der Waals surface area (Å²) in [4.78, 5) is 12.3. The van der Waals surface area contributed by atoms with E-state index in [0.717, 1.165) is 5.56 Å². The topological polar surface area (TPSA) is 93.7 Å². The van der Waals surface area contributed by atoms with Crippen LogP contribution in [-0.2, 0) is 21.2 Å². The predicted octanol–water partition coefficient (Wildman–Crippen LogP) is 4.08. The Bertz CT molecular complexity index is 1130. The van der Waals surface area contributed by atoms with Crippen molar-refractivity contribution in [1.29, 1.82) is 0 Å². The van der Waals surface area contributed by atoms with Gasteiger partial charge in [-0.15, -0.1) is 0 Å². The van der Waals surface area contributed by atoms with E-state index >= 15 is 0 Å². The number of aryl methyl sites for hydroxylation is 1. The second-order valence-corrected chi connectivity index (χ2v) is 8.38. The summed E-state index contributed by atoms with van der Waals surface area (Å²) in [6, 6.07) is 20.7. The summed E-state index contributed by atoms with van der Waals surface area (Å²) in [6.45, 7) is 0. The van der Waals surface area contributed by atoms with Gasteiger partial charge in [0.2, 0.25) is 5.91 Å². The maximum atomic E-state index is 12.9. The van der Waals surface area contributed by atoms with Crippen molar-refractivity contribution in [3.05, 3.63) is 78.4 Å². The van der Waals surface area contributed by atoms with E-state index in [1.165, 1.54) is 26.4 Å². The molecule has 3 rings (SSSR count). The third kappa shape index (κ3) is 5.99. The molecule has 0 atom stereocenters. The summed E-state index contributed by atoms with van der Waals surface area (Å²) in [5, 5.41) is 2.75. The lowest BCUT2D eigenvalue weighted by Crippen LogP contribution is -2.16. The van der Waals surface area contributed by atoms with E-state index in [9.17, 15) is 13.2 Å². The number of hydrogen-bond donors (Lipinski definition) is 2. The van der Waals surface area contributed by atoms with Crippen LogP contribution < -0.4 is 19.5 Å². The molecule has 31 heavy (non-hydrogen) atoms. The molecule has 3 aromatic carbocycles. The molecule has 0 radical (unpaired) electrons. The van der Waals surface area contributed by atoms with Crippen molar-refractivity contribution in [2.45, 2.75) is 17.7 Å². The van der Waals surface area contributed by atoms with Crippen LogP contribution in [0, 0.1) is 0 Å². The van der Waals surface area contributed by atoms with Gasteiger partial charge < -0.3 is 14.8 Å². The van der Waals surface area contributed by atoms with Crippen molar-refractivity contribution in [2.75, 3.05) is 24.3 Å². The molecule has 0 aliphatic rings. The average Bonchev–Trinajstić information content (AvgIpc) is 2.78. The maximum Gasteiger partial charge on any atom is 0.265 e. The Hall–Kier alpha value is -3.52. The third-order valence-electron chi connectivity index (χ3n) is 4.56. The van der Waals surface area contributed by atoms with Crippen LogP contribution in [0.1, 0.15) is 12.0 Å². The Morgan fingerprint density at radius 3 is 2.19 bits per heavy atom. The lowest BCUT2D eigenvalue weighted by Gasteiger charge is -2.14. The second-order valence-electron chi connectivity index (χ2n) is 6.73. The molecule has 0 unspecified atom stereocenters. The minimum atomic E-state index is -3.96. The molecule has 2 N–H and O–H groups in total. The summed E-state index contributed by atoms with van der Waals surface area (Å²) < 4.78 is 38.7. The van der Waals surface area contributed by atoms with Gasteiger partial charge in [-0.1, -0.05) is 30.3 Å². The molecule has 8 heteroatoms. The molecule has 0 heterocycles. The van der Waals surface area contributed by atoms with Crippen molar-refractivity contribution >= 4 is 27.3 Å². The normalized spacial score (nSPS) is 10.9. The number of carbonyl (C=O) groups is 1. The number of carbonyl (C=O) groups excluding carboxylic acids is 1. The minimum Gasteiger partial charge on any atom is -0.497 e. The Morgan fingerprint density at radius 2 is 1.55 bits per heavy atom. The molecule has 7 nitrogen and oxygen atoms in total. The average molecular weight is 441 g/mol. The number of nitrogens with one attached hydrogen (secondary N) is 2. The third-order valence-corrected chi connectivity index (χ3v) is 5.97. The number of ether oxygens (including phenoxy) is 2. The van der Waals surface area contributed by atoms with Gasteiger partial charge in [-0.05, 0) is 54.4 Å².